The Morgan fingerprint density at radius 1 is 1.00 bits per heavy atom. The third kappa shape index (κ3) is 4.55. The molecule has 0 spiro atoms. The molecule has 112 valence electrons. The van der Waals surface area contributed by atoms with Gasteiger partial charge in [0.15, 0.2) is 0 Å². The number of hydrogen-bond donors (Lipinski definition) is 6. The van der Waals surface area contributed by atoms with Crippen LogP contribution in [0.15, 0.2) is 30.3 Å². The fourth-order valence-electron chi connectivity index (χ4n) is 1.57. The first kappa shape index (κ1) is 16.5. The molecule has 1 amide bonds. The van der Waals surface area contributed by atoms with E-state index < -0.39 is 36.9 Å². The van der Waals surface area contributed by atoms with Crippen molar-refractivity contribution in [2.24, 2.45) is 0 Å². The molecule has 7 heteroatoms. The number of nitrogens with one attached hydrogen (secondary N) is 1. The maximum absolute atomic E-state index is 11.7. The predicted octanol–water partition coefficient (Wildman–Crippen LogP) is -2.15. The molecule has 0 radical (unpaired) electrons. The number of rotatable bonds is 7. The minimum atomic E-state index is -1.70. The summed E-state index contributed by atoms with van der Waals surface area (Å²) in [5.74, 6) is -0.436. The number of aliphatic hydroxyl groups excluding tert-OH is 5. The lowest BCUT2D eigenvalue weighted by molar-refractivity contribution is -0.113. The molecular weight excluding hydrogens is 266 g/mol. The maximum Gasteiger partial charge on any atom is 0.251 e. The average molecular weight is 285 g/mol. The summed E-state index contributed by atoms with van der Waals surface area (Å²) in [5.41, 5.74) is 0.394. The molecule has 1 rings (SSSR count). The first-order valence-corrected chi connectivity index (χ1v) is 6.13. The third-order valence-electron chi connectivity index (χ3n) is 2.83. The van der Waals surface area contributed by atoms with E-state index in [1.165, 1.54) is 0 Å². The molecule has 0 saturated carbocycles. The van der Waals surface area contributed by atoms with Crippen molar-refractivity contribution < 1.29 is 30.3 Å². The zero-order valence-electron chi connectivity index (χ0n) is 10.8. The molecule has 0 aliphatic heterocycles. The smallest absolute Gasteiger partial charge is 0.251 e. The van der Waals surface area contributed by atoms with Crippen LogP contribution in [0, 0.1) is 0 Å². The normalized spacial score (nSPS) is 17.1. The van der Waals surface area contributed by atoms with Crippen LogP contribution in [-0.2, 0) is 0 Å². The van der Waals surface area contributed by atoms with Crippen LogP contribution in [0.2, 0.25) is 0 Å². The number of hydrogen-bond acceptors (Lipinski definition) is 6. The molecule has 0 bridgehead atoms. The maximum atomic E-state index is 11.7. The van der Waals surface area contributed by atoms with E-state index in [0.717, 1.165) is 0 Å². The zero-order chi connectivity index (χ0) is 15.1. The Kier molecular flexibility index (Phi) is 6.56. The molecule has 0 heterocycles. The molecule has 0 fully saturated rings. The molecule has 0 aromatic heterocycles. The lowest BCUT2D eigenvalue weighted by Crippen LogP contribution is -2.49. The Bertz CT molecular complexity index is 413. The van der Waals surface area contributed by atoms with Crippen molar-refractivity contribution >= 4 is 5.91 Å². The molecule has 20 heavy (non-hydrogen) atoms. The number of carbonyl (C=O) groups is 1. The van der Waals surface area contributed by atoms with Gasteiger partial charge in [0.1, 0.15) is 18.3 Å². The van der Waals surface area contributed by atoms with Gasteiger partial charge in [0.05, 0.1) is 12.7 Å². The monoisotopic (exact) mass is 285 g/mol. The van der Waals surface area contributed by atoms with E-state index in [1.54, 1.807) is 30.3 Å². The quantitative estimate of drug-likeness (QED) is 0.339. The minimum Gasteiger partial charge on any atom is -0.394 e. The Hall–Kier alpha value is -1.51. The Balaban J connectivity index is 2.47. The zero-order valence-corrected chi connectivity index (χ0v) is 10.8. The first-order chi connectivity index (χ1) is 9.47. The highest BCUT2D eigenvalue weighted by molar-refractivity contribution is 5.94. The number of benzene rings is 1. The van der Waals surface area contributed by atoms with Crippen molar-refractivity contribution in [3.63, 3.8) is 0 Å². The molecule has 1 aromatic rings. The van der Waals surface area contributed by atoms with E-state index in [2.05, 4.69) is 5.32 Å². The molecule has 0 unspecified atom stereocenters. The summed E-state index contributed by atoms with van der Waals surface area (Å²) in [6, 6.07) is 8.29. The van der Waals surface area contributed by atoms with Gasteiger partial charge in [-0.05, 0) is 12.1 Å². The van der Waals surface area contributed by atoms with Crippen LogP contribution in [0.25, 0.3) is 0 Å². The standard InChI is InChI=1S/C13H19NO6/c15-7-10(17)12(19)11(18)9(16)6-14-13(20)8-4-2-1-3-5-8/h1-5,9-12,15-19H,6-7H2,(H,14,20)/t9-,10+,11+,12+/m0/s1. The fourth-order valence-corrected chi connectivity index (χ4v) is 1.57. The molecule has 6 N–H and O–H groups in total. The topological polar surface area (TPSA) is 130 Å². The van der Waals surface area contributed by atoms with Crippen LogP contribution >= 0.6 is 0 Å². The summed E-state index contributed by atoms with van der Waals surface area (Å²) in [5, 5.41) is 48.7. The summed E-state index contributed by atoms with van der Waals surface area (Å²) in [6.45, 7) is -1.05. The van der Waals surface area contributed by atoms with Crippen LogP contribution in [0.1, 0.15) is 10.4 Å². The lowest BCUT2D eigenvalue weighted by atomic mass is 10.0. The largest absolute Gasteiger partial charge is 0.394 e. The van der Waals surface area contributed by atoms with Crippen molar-refractivity contribution in [2.45, 2.75) is 24.4 Å². The highest BCUT2D eigenvalue weighted by atomic mass is 16.4. The molecule has 0 aliphatic carbocycles. The SMILES string of the molecule is O=C(NC[C@H](O)[C@@H](O)[C@H](O)[C@H](O)CO)c1ccccc1. The summed E-state index contributed by atoms with van der Waals surface area (Å²) in [7, 11) is 0. The third-order valence-corrected chi connectivity index (χ3v) is 2.83. The van der Waals surface area contributed by atoms with Gasteiger partial charge in [0, 0.05) is 12.1 Å². The molecule has 0 saturated heterocycles. The summed E-state index contributed by atoms with van der Waals surface area (Å²) >= 11 is 0. The van der Waals surface area contributed by atoms with Gasteiger partial charge in [-0.2, -0.15) is 0 Å². The van der Waals surface area contributed by atoms with Crippen LogP contribution in [-0.4, -0.2) is 69.0 Å². The molecule has 4 atom stereocenters. The number of amides is 1. The lowest BCUT2D eigenvalue weighted by Gasteiger charge is -2.25. The Morgan fingerprint density at radius 3 is 2.10 bits per heavy atom. The van der Waals surface area contributed by atoms with Crippen LogP contribution < -0.4 is 5.32 Å². The second-order valence-electron chi connectivity index (χ2n) is 4.37. The number of aliphatic hydroxyl groups is 5. The van der Waals surface area contributed by atoms with Gasteiger partial charge in [0.2, 0.25) is 0 Å². The van der Waals surface area contributed by atoms with E-state index in [9.17, 15) is 20.1 Å². The van der Waals surface area contributed by atoms with Gasteiger partial charge in [-0.1, -0.05) is 18.2 Å². The van der Waals surface area contributed by atoms with E-state index in [-0.39, 0.29) is 6.54 Å². The molecule has 0 aliphatic rings. The van der Waals surface area contributed by atoms with Gasteiger partial charge in [0.25, 0.3) is 5.91 Å². The van der Waals surface area contributed by atoms with Gasteiger partial charge in [-0.15, -0.1) is 0 Å². The Labute approximate surface area is 116 Å². The van der Waals surface area contributed by atoms with Crippen LogP contribution in [0.4, 0.5) is 0 Å². The highest BCUT2D eigenvalue weighted by Gasteiger charge is 2.30. The van der Waals surface area contributed by atoms with E-state index in [0.29, 0.717) is 5.56 Å². The van der Waals surface area contributed by atoms with Gasteiger partial charge in [-0.3, -0.25) is 4.79 Å². The van der Waals surface area contributed by atoms with E-state index >= 15 is 0 Å². The summed E-state index contributed by atoms with van der Waals surface area (Å²) in [4.78, 5) is 11.7. The highest BCUT2D eigenvalue weighted by Crippen LogP contribution is 2.05. The van der Waals surface area contributed by atoms with E-state index in [1.807, 2.05) is 0 Å². The van der Waals surface area contributed by atoms with Gasteiger partial charge >= 0.3 is 0 Å². The first-order valence-electron chi connectivity index (χ1n) is 6.13. The van der Waals surface area contributed by atoms with Crippen molar-refractivity contribution in [3.05, 3.63) is 35.9 Å². The number of carbonyl (C=O) groups excluding carboxylic acids is 1. The fraction of sp³-hybridized carbons (Fsp3) is 0.462. The van der Waals surface area contributed by atoms with Gasteiger partial charge in [-0.25, -0.2) is 0 Å². The second-order valence-corrected chi connectivity index (χ2v) is 4.37. The molecular formula is C13H19NO6. The molecule has 7 nitrogen and oxygen atoms in total. The van der Waals surface area contributed by atoms with Crippen LogP contribution in [0.3, 0.4) is 0 Å². The van der Waals surface area contributed by atoms with Crippen molar-refractivity contribution in [2.75, 3.05) is 13.2 Å². The minimum absolute atomic E-state index is 0.301. The average Bonchev–Trinajstić information content (AvgIpc) is 2.50. The second kappa shape index (κ2) is 7.93. The van der Waals surface area contributed by atoms with Gasteiger partial charge < -0.3 is 30.8 Å². The predicted molar refractivity (Wildman–Crippen MR) is 69.9 cm³/mol. The van der Waals surface area contributed by atoms with Crippen molar-refractivity contribution in [3.8, 4) is 0 Å². The molecule has 1 aromatic carbocycles. The summed E-state index contributed by atoms with van der Waals surface area (Å²) < 4.78 is 0. The van der Waals surface area contributed by atoms with E-state index in [4.69, 9.17) is 10.2 Å². The van der Waals surface area contributed by atoms with Crippen molar-refractivity contribution in [1.82, 2.24) is 5.32 Å². The van der Waals surface area contributed by atoms with Crippen LogP contribution in [0.5, 0.6) is 0 Å². The Morgan fingerprint density at radius 2 is 1.55 bits per heavy atom. The summed E-state index contributed by atoms with van der Waals surface area (Å²) in [6.07, 6.45) is -6.43. The van der Waals surface area contributed by atoms with Crippen molar-refractivity contribution in [1.29, 1.82) is 0 Å².